The molecule has 21 heavy (non-hydrogen) atoms. The molecule has 0 radical (unpaired) electrons. The lowest BCUT2D eigenvalue weighted by atomic mass is 10.2. The summed E-state index contributed by atoms with van der Waals surface area (Å²) in [5, 5.41) is 4.31. The first kappa shape index (κ1) is 14.1. The molecule has 0 aliphatic carbocycles. The molecule has 0 unspecified atom stereocenters. The molecule has 3 rings (SSSR count). The van der Waals surface area contributed by atoms with Crippen LogP contribution >= 0.6 is 23.1 Å². The van der Waals surface area contributed by atoms with E-state index in [9.17, 15) is 4.79 Å². The van der Waals surface area contributed by atoms with E-state index in [-0.39, 0.29) is 5.91 Å². The summed E-state index contributed by atoms with van der Waals surface area (Å²) >= 11 is 2.90. The third-order valence-electron chi connectivity index (χ3n) is 2.90. The number of hydrogen-bond donors (Lipinski definition) is 1. The molecule has 2 aromatic heterocycles. The fourth-order valence-corrected chi connectivity index (χ4v) is 3.57. The van der Waals surface area contributed by atoms with Gasteiger partial charge in [-0.2, -0.15) is 0 Å². The van der Waals surface area contributed by atoms with Crippen LogP contribution in [-0.4, -0.2) is 26.2 Å². The molecule has 0 saturated heterocycles. The number of thioether (sulfide) groups is 1. The SMILES string of the molecule is Cc1ccc2nc(NC(=O)CSc3nccn3C)sc2c1. The zero-order valence-corrected chi connectivity index (χ0v) is 13.3. The fraction of sp³-hybridized carbons (Fsp3) is 0.214. The number of anilines is 1. The van der Waals surface area contributed by atoms with Crippen molar-refractivity contribution in [2.45, 2.75) is 12.1 Å². The predicted molar refractivity (Wildman–Crippen MR) is 86.9 cm³/mol. The minimum Gasteiger partial charge on any atom is -0.329 e. The van der Waals surface area contributed by atoms with Crippen molar-refractivity contribution in [3.05, 3.63) is 36.2 Å². The Kier molecular flexibility index (Phi) is 3.94. The third-order valence-corrected chi connectivity index (χ3v) is 4.89. The molecule has 1 aromatic carbocycles. The molecular weight excluding hydrogens is 304 g/mol. The van der Waals surface area contributed by atoms with E-state index in [0.29, 0.717) is 10.9 Å². The summed E-state index contributed by atoms with van der Waals surface area (Å²) in [6.07, 6.45) is 3.58. The van der Waals surface area contributed by atoms with E-state index in [1.807, 2.05) is 36.9 Å². The third kappa shape index (κ3) is 3.25. The molecule has 0 fully saturated rings. The number of rotatable bonds is 4. The van der Waals surface area contributed by atoms with E-state index < -0.39 is 0 Å². The number of amides is 1. The summed E-state index contributed by atoms with van der Waals surface area (Å²) in [6, 6.07) is 6.06. The molecule has 1 amide bonds. The number of aryl methyl sites for hydroxylation is 2. The van der Waals surface area contributed by atoms with Gasteiger partial charge in [0.15, 0.2) is 10.3 Å². The molecule has 3 aromatic rings. The summed E-state index contributed by atoms with van der Waals surface area (Å²) in [5.41, 5.74) is 2.10. The summed E-state index contributed by atoms with van der Waals surface area (Å²) in [4.78, 5) is 20.5. The van der Waals surface area contributed by atoms with Crippen LogP contribution in [0.4, 0.5) is 5.13 Å². The zero-order valence-electron chi connectivity index (χ0n) is 11.7. The first-order valence-corrected chi connectivity index (χ1v) is 8.19. The maximum atomic E-state index is 12.0. The van der Waals surface area contributed by atoms with E-state index in [0.717, 1.165) is 15.4 Å². The highest BCUT2D eigenvalue weighted by Gasteiger charge is 2.10. The molecule has 0 aliphatic heterocycles. The quantitative estimate of drug-likeness (QED) is 0.751. The number of nitrogens with zero attached hydrogens (tertiary/aromatic N) is 3. The van der Waals surface area contributed by atoms with Crippen molar-refractivity contribution in [2.75, 3.05) is 11.1 Å². The van der Waals surface area contributed by atoms with Gasteiger partial charge in [-0.1, -0.05) is 29.2 Å². The Balaban J connectivity index is 1.64. The number of carbonyl (C=O) groups excluding carboxylic acids is 1. The van der Waals surface area contributed by atoms with Crippen LogP contribution in [0, 0.1) is 6.92 Å². The monoisotopic (exact) mass is 318 g/mol. The number of thiazole rings is 1. The number of aromatic nitrogens is 3. The Bertz CT molecular complexity index is 793. The first-order valence-electron chi connectivity index (χ1n) is 6.39. The Labute approximate surface area is 130 Å². The highest BCUT2D eigenvalue weighted by Crippen LogP contribution is 2.27. The lowest BCUT2D eigenvalue weighted by Gasteiger charge is -2.01. The lowest BCUT2D eigenvalue weighted by molar-refractivity contribution is -0.113. The minimum atomic E-state index is -0.0706. The van der Waals surface area contributed by atoms with Gasteiger partial charge < -0.3 is 9.88 Å². The summed E-state index contributed by atoms with van der Waals surface area (Å²) < 4.78 is 2.97. The van der Waals surface area contributed by atoms with Crippen molar-refractivity contribution in [3.8, 4) is 0 Å². The van der Waals surface area contributed by atoms with Crippen LogP contribution in [0.2, 0.25) is 0 Å². The average molecular weight is 318 g/mol. The van der Waals surface area contributed by atoms with E-state index >= 15 is 0 Å². The minimum absolute atomic E-state index is 0.0706. The Morgan fingerprint density at radius 3 is 3.10 bits per heavy atom. The van der Waals surface area contributed by atoms with Gasteiger partial charge in [-0.3, -0.25) is 4.79 Å². The second kappa shape index (κ2) is 5.87. The predicted octanol–water partition coefficient (Wildman–Crippen LogP) is 3.07. The van der Waals surface area contributed by atoms with Crippen molar-refractivity contribution in [2.24, 2.45) is 7.05 Å². The maximum Gasteiger partial charge on any atom is 0.236 e. The summed E-state index contributed by atoms with van der Waals surface area (Å²) in [6.45, 7) is 2.04. The van der Waals surface area contributed by atoms with Crippen LogP contribution in [-0.2, 0) is 11.8 Å². The van der Waals surface area contributed by atoms with Crippen LogP contribution in [0.15, 0.2) is 35.7 Å². The van der Waals surface area contributed by atoms with Crippen molar-refractivity contribution in [1.82, 2.24) is 14.5 Å². The number of imidazole rings is 1. The molecule has 0 spiro atoms. The molecule has 5 nitrogen and oxygen atoms in total. The number of fused-ring (bicyclic) bond motifs is 1. The van der Waals surface area contributed by atoms with Crippen LogP contribution in [0.5, 0.6) is 0 Å². The van der Waals surface area contributed by atoms with Gasteiger partial charge in [0.2, 0.25) is 5.91 Å². The Morgan fingerprint density at radius 1 is 1.48 bits per heavy atom. The molecule has 0 saturated carbocycles. The van der Waals surface area contributed by atoms with E-state index in [1.165, 1.54) is 28.7 Å². The average Bonchev–Trinajstić information content (AvgIpc) is 3.01. The normalized spacial score (nSPS) is 11.0. The van der Waals surface area contributed by atoms with Gasteiger partial charge in [-0.25, -0.2) is 9.97 Å². The number of benzene rings is 1. The molecule has 0 aliphatic rings. The van der Waals surface area contributed by atoms with Gasteiger partial charge in [0.05, 0.1) is 16.0 Å². The van der Waals surface area contributed by atoms with E-state index in [2.05, 4.69) is 21.4 Å². The molecule has 7 heteroatoms. The van der Waals surface area contributed by atoms with Crippen LogP contribution < -0.4 is 5.32 Å². The van der Waals surface area contributed by atoms with Gasteiger partial charge in [0.1, 0.15) is 0 Å². The van der Waals surface area contributed by atoms with Gasteiger partial charge in [-0.15, -0.1) is 0 Å². The van der Waals surface area contributed by atoms with Gasteiger partial charge >= 0.3 is 0 Å². The molecule has 0 bridgehead atoms. The fourth-order valence-electron chi connectivity index (χ4n) is 1.86. The Morgan fingerprint density at radius 2 is 2.33 bits per heavy atom. The molecule has 2 heterocycles. The van der Waals surface area contributed by atoms with E-state index in [1.54, 1.807) is 6.20 Å². The number of hydrogen-bond acceptors (Lipinski definition) is 5. The highest BCUT2D eigenvalue weighted by atomic mass is 32.2. The molecule has 1 N–H and O–H groups in total. The van der Waals surface area contributed by atoms with Crippen LogP contribution in [0.25, 0.3) is 10.2 Å². The first-order chi connectivity index (χ1) is 10.1. The number of nitrogens with one attached hydrogen (secondary N) is 1. The van der Waals surface area contributed by atoms with Crippen molar-refractivity contribution < 1.29 is 4.79 Å². The largest absolute Gasteiger partial charge is 0.329 e. The maximum absolute atomic E-state index is 12.0. The zero-order chi connectivity index (χ0) is 14.8. The molecule has 0 atom stereocenters. The lowest BCUT2D eigenvalue weighted by Crippen LogP contribution is -2.14. The van der Waals surface area contributed by atoms with Crippen LogP contribution in [0.1, 0.15) is 5.56 Å². The summed E-state index contributed by atoms with van der Waals surface area (Å²) in [7, 11) is 1.91. The van der Waals surface area contributed by atoms with E-state index in [4.69, 9.17) is 0 Å². The second-order valence-corrected chi connectivity index (χ2v) is 6.62. The molecular formula is C14H14N4OS2. The summed E-state index contributed by atoms with van der Waals surface area (Å²) in [5.74, 6) is 0.249. The standard InChI is InChI=1S/C14H14N4OS2/c1-9-3-4-10-11(7-9)21-13(16-10)17-12(19)8-20-14-15-5-6-18(14)2/h3-7H,8H2,1-2H3,(H,16,17,19). The van der Waals surface area contributed by atoms with Gasteiger partial charge in [0.25, 0.3) is 0 Å². The number of carbonyl (C=O) groups is 1. The second-order valence-electron chi connectivity index (χ2n) is 4.65. The van der Waals surface area contributed by atoms with Crippen molar-refractivity contribution in [1.29, 1.82) is 0 Å². The van der Waals surface area contributed by atoms with Crippen LogP contribution in [0.3, 0.4) is 0 Å². The highest BCUT2D eigenvalue weighted by molar-refractivity contribution is 7.99. The van der Waals surface area contributed by atoms with Gasteiger partial charge in [0, 0.05) is 19.4 Å². The molecule has 108 valence electrons. The van der Waals surface area contributed by atoms with Gasteiger partial charge in [-0.05, 0) is 24.6 Å². The van der Waals surface area contributed by atoms with Crippen molar-refractivity contribution in [3.63, 3.8) is 0 Å². The smallest absolute Gasteiger partial charge is 0.236 e. The topological polar surface area (TPSA) is 59.8 Å². The van der Waals surface area contributed by atoms with Crippen molar-refractivity contribution >= 4 is 44.4 Å². The Hall–Kier alpha value is -1.86.